The quantitative estimate of drug-likeness (QED) is 0.519. The molecule has 8 heavy (non-hydrogen) atoms. The minimum Gasteiger partial charge on any atom is -0.331 e. The summed E-state index contributed by atoms with van der Waals surface area (Å²) in [5, 5.41) is 3.42. The number of hydrogen-bond acceptors (Lipinski definition) is 4. The van der Waals surface area contributed by atoms with Gasteiger partial charge >= 0.3 is 6.01 Å². The second-order valence-electron chi connectivity index (χ2n) is 1.62. The average molecular weight is 113 g/mol. The Hall–Kier alpha value is -1.06. The van der Waals surface area contributed by atoms with Crippen LogP contribution in [-0.2, 0) is 0 Å². The highest BCUT2D eigenvalue weighted by Gasteiger charge is 1.96. The van der Waals surface area contributed by atoms with Crippen molar-refractivity contribution in [3.05, 3.63) is 6.33 Å². The number of rotatable bonds is 1. The predicted octanol–water partition coefficient (Wildman–Crippen LogP) is 0.136. The highest BCUT2D eigenvalue weighted by atomic mass is 16.5. The van der Waals surface area contributed by atoms with E-state index in [0.717, 1.165) is 0 Å². The van der Waals surface area contributed by atoms with Crippen molar-refractivity contribution in [3.63, 3.8) is 0 Å². The average Bonchev–Trinajstić information content (AvgIpc) is 2.12. The lowest BCUT2D eigenvalue weighted by molar-refractivity contribution is 0.421. The van der Waals surface area contributed by atoms with Crippen LogP contribution in [0.3, 0.4) is 0 Å². The number of nitrogens with zero attached hydrogens (tertiary/aromatic N) is 3. The third kappa shape index (κ3) is 0.776. The Morgan fingerprint density at radius 2 is 2.38 bits per heavy atom. The second kappa shape index (κ2) is 1.81. The molecule has 0 bridgehead atoms. The molecule has 0 aliphatic heterocycles. The lowest BCUT2D eigenvalue weighted by atomic mass is 10.9. The Bertz CT molecular complexity index is 146. The normalized spacial score (nSPS) is 9.25. The minimum atomic E-state index is 0.532. The highest BCUT2D eigenvalue weighted by Crippen LogP contribution is 2.00. The summed E-state index contributed by atoms with van der Waals surface area (Å²) in [6, 6.07) is 0.532. The van der Waals surface area contributed by atoms with E-state index in [2.05, 4.69) is 14.7 Å². The first-order valence-electron chi connectivity index (χ1n) is 2.24. The molecule has 0 aliphatic rings. The van der Waals surface area contributed by atoms with E-state index < -0.39 is 0 Å². The molecule has 1 rings (SSSR count). The molecule has 4 heteroatoms. The van der Waals surface area contributed by atoms with Gasteiger partial charge < -0.3 is 9.42 Å². The highest BCUT2D eigenvalue weighted by molar-refractivity contribution is 5.18. The van der Waals surface area contributed by atoms with Crippen LogP contribution in [0.25, 0.3) is 0 Å². The Kier molecular flexibility index (Phi) is 1.15. The van der Waals surface area contributed by atoms with E-state index in [-0.39, 0.29) is 0 Å². The third-order valence-electron chi connectivity index (χ3n) is 0.732. The summed E-state index contributed by atoms with van der Waals surface area (Å²) in [5.74, 6) is 0. The molecule has 0 spiro atoms. The van der Waals surface area contributed by atoms with Crippen LogP contribution in [0.1, 0.15) is 0 Å². The van der Waals surface area contributed by atoms with Crippen LogP contribution in [0, 0.1) is 0 Å². The third-order valence-corrected chi connectivity index (χ3v) is 0.732. The molecule has 0 saturated heterocycles. The zero-order valence-electron chi connectivity index (χ0n) is 4.83. The molecule has 1 aromatic rings. The molecular formula is C4H7N3O. The first-order chi connectivity index (χ1) is 3.80. The number of aromatic nitrogens is 2. The van der Waals surface area contributed by atoms with Crippen LogP contribution < -0.4 is 4.90 Å². The van der Waals surface area contributed by atoms with E-state index in [1.807, 2.05) is 14.1 Å². The molecule has 0 N–H and O–H groups in total. The summed E-state index contributed by atoms with van der Waals surface area (Å²) >= 11 is 0. The summed E-state index contributed by atoms with van der Waals surface area (Å²) in [6.45, 7) is 0. The summed E-state index contributed by atoms with van der Waals surface area (Å²) in [7, 11) is 3.68. The first kappa shape index (κ1) is 5.08. The summed E-state index contributed by atoms with van der Waals surface area (Å²) < 4.78 is 4.66. The van der Waals surface area contributed by atoms with Crippen LogP contribution in [0.4, 0.5) is 6.01 Å². The van der Waals surface area contributed by atoms with Gasteiger partial charge in [0.2, 0.25) is 0 Å². The fourth-order valence-corrected chi connectivity index (χ4v) is 0.364. The van der Waals surface area contributed by atoms with Crippen molar-refractivity contribution in [2.24, 2.45) is 0 Å². The lowest BCUT2D eigenvalue weighted by Crippen LogP contribution is -2.08. The molecule has 1 heterocycles. The van der Waals surface area contributed by atoms with E-state index in [9.17, 15) is 0 Å². The molecule has 0 atom stereocenters. The Labute approximate surface area is 47.1 Å². The summed E-state index contributed by atoms with van der Waals surface area (Å²) in [4.78, 5) is 5.51. The van der Waals surface area contributed by atoms with Gasteiger partial charge in [-0.05, 0) is 0 Å². The zero-order chi connectivity index (χ0) is 5.98. The topological polar surface area (TPSA) is 42.2 Å². The van der Waals surface area contributed by atoms with E-state index in [0.29, 0.717) is 6.01 Å². The van der Waals surface area contributed by atoms with Crippen LogP contribution in [-0.4, -0.2) is 24.2 Å². The van der Waals surface area contributed by atoms with E-state index in [1.165, 1.54) is 6.33 Å². The van der Waals surface area contributed by atoms with Crippen molar-refractivity contribution >= 4 is 6.01 Å². The molecule has 0 fully saturated rings. The maximum atomic E-state index is 4.66. The van der Waals surface area contributed by atoms with Crippen molar-refractivity contribution in [2.75, 3.05) is 19.0 Å². The van der Waals surface area contributed by atoms with Crippen LogP contribution >= 0.6 is 0 Å². The zero-order valence-corrected chi connectivity index (χ0v) is 4.83. The van der Waals surface area contributed by atoms with Gasteiger partial charge in [-0.2, -0.15) is 4.98 Å². The number of anilines is 1. The fourth-order valence-electron chi connectivity index (χ4n) is 0.364. The standard InChI is InChI=1S/C4H7N3O/c1-7(2)4-5-3-6-8-4/h3H,1-2H3. The van der Waals surface area contributed by atoms with E-state index in [1.54, 1.807) is 4.90 Å². The van der Waals surface area contributed by atoms with Gasteiger partial charge in [0, 0.05) is 14.1 Å². The molecule has 1 aromatic heterocycles. The summed E-state index contributed by atoms with van der Waals surface area (Å²) in [6.07, 6.45) is 1.37. The van der Waals surface area contributed by atoms with Gasteiger partial charge in [-0.15, -0.1) is 0 Å². The van der Waals surface area contributed by atoms with Gasteiger partial charge in [-0.1, -0.05) is 5.16 Å². The number of hydrogen-bond donors (Lipinski definition) is 0. The maximum Gasteiger partial charge on any atom is 0.323 e. The van der Waals surface area contributed by atoms with Crippen molar-refractivity contribution < 1.29 is 4.52 Å². The lowest BCUT2D eigenvalue weighted by Gasteiger charge is -2.01. The molecule has 0 amide bonds. The molecule has 0 unspecified atom stereocenters. The predicted molar refractivity (Wildman–Crippen MR) is 28.6 cm³/mol. The Balaban J connectivity index is 2.77. The van der Waals surface area contributed by atoms with Gasteiger partial charge in [0.1, 0.15) is 0 Å². The van der Waals surface area contributed by atoms with Gasteiger partial charge in [0.15, 0.2) is 6.33 Å². The summed E-state index contributed by atoms with van der Waals surface area (Å²) in [5.41, 5.74) is 0. The van der Waals surface area contributed by atoms with Crippen molar-refractivity contribution in [1.82, 2.24) is 10.1 Å². The molecule has 4 nitrogen and oxygen atoms in total. The molecule has 0 saturated carbocycles. The van der Waals surface area contributed by atoms with Crippen molar-refractivity contribution in [3.8, 4) is 0 Å². The Morgan fingerprint density at radius 3 is 2.62 bits per heavy atom. The molecule has 0 aromatic carbocycles. The smallest absolute Gasteiger partial charge is 0.323 e. The van der Waals surface area contributed by atoms with Crippen molar-refractivity contribution in [2.45, 2.75) is 0 Å². The molecule has 0 radical (unpaired) electrons. The minimum absolute atomic E-state index is 0.532. The SMILES string of the molecule is CN(C)c1ncno1. The van der Waals surface area contributed by atoms with Crippen LogP contribution in [0.2, 0.25) is 0 Å². The Morgan fingerprint density at radius 1 is 1.62 bits per heavy atom. The second-order valence-corrected chi connectivity index (χ2v) is 1.62. The van der Waals surface area contributed by atoms with Gasteiger partial charge in [0.05, 0.1) is 0 Å². The van der Waals surface area contributed by atoms with Gasteiger partial charge in [-0.3, -0.25) is 0 Å². The molecule has 44 valence electrons. The fraction of sp³-hybridized carbons (Fsp3) is 0.500. The monoisotopic (exact) mass is 113 g/mol. The first-order valence-corrected chi connectivity index (χ1v) is 2.24. The van der Waals surface area contributed by atoms with Crippen LogP contribution in [0.5, 0.6) is 0 Å². The van der Waals surface area contributed by atoms with Crippen molar-refractivity contribution in [1.29, 1.82) is 0 Å². The van der Waals surface area contributed by atoms with E-state index in [4.69, 9.17) is 0 Å². The van der Waals surface area contributed by atoms with Crippen LogP contribution in [0.15, 0.2) is 10.9 Å². The maximum absolute atomic E-state index is 4.66. The van der Waals surface area contributed by atoms with Gasteiger partial charge in [0.25, 0.3) is 0 Å². The largest absolute Gasteiger partial charge is 0.331 e. The molecule has 0 aliphatic carbocycles. The van der Waals surface area contributed by atoms with E-state index >= 15 is 0 Å². The molecular weight excluding hydrogens is 106 g/mol. The van der Waals surface area contributed by atoms with Gasteiger partial charge in [-0.25, -0.2) is 0 Å².